The smallest absolute Gasteiger partial charge is 0.295 e. The predicted molar refractivity (Wildman–Crippen MR) is 124 cm³/mol. The lowest BCUT2D eigenvalue weighted by Crippen LogP contribution is -2.36. The van der Waals surface area contributed by atoms with Gasteiger partial charge in [0.15, 0.2) is 0 Å². The lowest BCUT2D eigenvalue weighted by molar-refractivity contribution is -0.126. The van der Waals surface area contributed by atoms with Crippen LogP contribution in [0, 0.1) is 6.92 Å². The van der Waals surface area contributed by atoms with Crippen molar-refractivity contribution in [2.75, 3.05) is 26.2 Å². The number of likely N-dealkylation sites (N-methyl/N-ethyl adjacent to an activating group) is 1. The monoisotopic (exact) mass is 435 g/mol. The summed E-state index contributed by atoms with van der Waals surface area (Å²) >= 11 is 0. The first-order valence-corrected chi connectivity index (χ1v) is 10.8. The number of nitrogens with zero attached hydrogens (tertiary/aromatic N) is 2. The standard InChI is InChI=1S/C25H29N3O4/c1-4-27(5-2)25(31)24(30)21-16-28(22-9-7-6-8-20(21)22)17-23(29)26-14-15-32-19-12-10-18(3)11-13-19/h6-13,16H,4-5,14-15,17H2,1-3H3,(H,26,29). The van der Waals surface area contributed by atoms with Crippen molar-refractivity contribution in [3.8, 4) is 5.75 Å². The molecule has 0 radical (unpaired) electrons. The molecule has 3 aromatic rings. The largest absolute Gasteiger partial charge is 0.492 e. The zero-order valence-electron chi connectivity index (χ0n) is 18.8. The van der Waals surface area contributed by atoms with Crippen molar-refractivity contribution in [2.24, 2.45) is 0 Å². The molecule has 1 heterocycles. The maximum Gasteiger partial charge on any atom is 0.295 e. The van der Waals surface area contributed by atoms with Gasteiger partial charge in [0.25, 0.3) is 11.7 Å². The molecule has 0 fully saturated rings. The van der Waals surface area contributed by atoms with Crippen LogP contribution in [0.25, 0.3) is 10.9 Å². The van der Waals surface area contributed by atoms with Gasteiger partial charge < -0.3 is 19.5 Å². The van der Waals surface area contributed by atoms with Crippen molar-refractivity contribution < 1.29 is 19.1 Å². The lowest BCUT2D eigenvalue weighted by Gasteiger charge is -2.17. The van der Waals surface area contributed by atoms with Gasteiger partial charge in [0.1, 0.15) is 18.9 Å². The summed E-state index contributed by atoms with van der Waals surface area (Å²) in [6, 6.07) is 15.0. The van der Waals surface area contributed by atoms with E-state index >= 15 is 0 Å². The number of para-hydroxylation sites is 1. The molecule has 1 N–H and O–H groups in total. The molecule has 1 aromatic heterocycles. The van der Waals surface area contributed by atoms with E-state index in [-0.39, 0.29) is 12.5 Å². The Bertz CT molecular complexity index is 1100. The molecular formula is C25H29N3O4. The summed E-state index contributed by atoms with van der Waals surface area (Å²) in [5.41, 5.74) is 2.20. The lowest BCUT2D eigenvalue weighted by atomic mass is 10.1. The number of rotatable bonds is 10. The molecular weight excluding hydrogens is 406 g/mol. The highest BCUT2D eigenvalue weighted by Crippen LogP contribution is 2.22. The number of fused-ring (bicyclic) bond motifs is 1. The van der Waals surface area contributed by atoms with Crippen LogP contribution >= 0.6 is 0 Å². The minimum atomic E-state index is -0.560. The van der Waals surface area contributed by atoms with Crippen molar-refractivity contribution >= 4 is 28.5 Å². The number of hydrogen-bond donors (Lipinski definition) is 1. The van der Waals surface area contributed by atoms with Gasteiger partial charge in [-0.3, -0.25) is 14.4 Å². The molecule has 0 atom stereocenters. The highest BCUT2D eigenvalue weighted by molar-refractivity contribution is 6.44. The van der Waals surface area contributed by atoms with Gasteiger partial charge in [-0.25, -0.2) is 0 Å². The van der Waals surface area contributed by atoms with Crippen LogP contribution in [0.4, 0.5) is 0 Å². The maximum atomic E-state index is 12.9. The van der Waals surface area contributed by atoms with E-state index in [0.29, 0.717) is 37.2 Å². The second kappa shape index (κ2) is 10.6. The van der Waals surface area contributed by atoms with Gasteiger partial charge in [-0.15, -0.1) is 0 Å². The molecule has 7 nitrogen and oxygen atoms in total. The van der Waals surface area contributed by atoms with Crippen LogP contribution < -0.4 is 10.1 Å². The molecule has 0 bridgehead atoms. The Kier molecular flexibility index (Phi) is 7.65. The molecule has 3 rings (SSSR count). The number of benzene rings is 2. The minimum Gasteiger partial charge on any atom is -0.492 e. The maximum absolute atomic E-state index is 12.9. The number of carbonyl (C=O) groups excluding carboxylic acids is 3. The van der Waals surface area contributed by atoms with Crippen molar-refractivity contribution in [3.05, 3.63) is 65.9 Å². The van der Waals surface area contributed by atoms with Gasteiger partial charge >= 0.3 is 0 Å². The van der Waals surface area contributed by atoms with E-state index in [1.807, 2.05) is 63.2 Å². The summed E-state index contributed by atoms with van der Waals surface area (Å²) < 4.78 is 7.33. The third-order valence-corrected chi connectivity index (χ3v) is 5.31. The first kappa shape index (κ1) is 23.1. The van der Waals surface area contributed by atoms with Crippen LogP contribution in [0.2, 0.25) is 0 Å². The van der Waals surface area contributed by atoms with E-state index in [0.717, 1.165) is 16.8 Å². The predicted octanol–water partition coefficient (Wildman–Crippen LogP) is 3.20. The molecule has 2 aromatic carbocycles. The number of carbonyl (C=O) groups is 3. The Morgan fingerprint density at radius 3 is 2.38 bits per heavy atom. The van der Waals surface area contributed by atoms with Gasteiger partial charge in [-0.05, 0) is 39.0 Å². The zero-order chi connectivity index (χ0) is 23.1. The molecule has 32 heavy (non-hydrogen) atoms. The Morgan fingerprint density at radius 2 is 1.69 bits per heavy atom. The van der Waals surface area contributed by atoms with E-state index in [4.69, 9.17) is 4.74 Å². The van der Waals surface area contributed by atoms with Gasteiger partial charge in [-0.2, -0.15) is 0 Å². The fraction of sp³-hybridized carbons (Fsp3) is 0.320. The van der Waals surface area contributed by atoms with Gasteiger partial charge in [0.2, 0.25) is 5.91 Å². The molecule has 0 saturated heterocycles. The molecule has 0 spiro atoms. The second-order valence-corrected chi connectivity index (χ2v) is 7.51. The summed E-state index contributed by atoms with van der Waals surface area (Å²) in [6.45, 7) is 7.36. The van der Waals surface area contributed by atoms with E-state index in [1.54, 1.807) is 16.8 Å². The Hall–Kier alpha value is -3.61. The number of ether oxygens (including phenoxy) is 1. The third kappa shape index (κ3) is 5.35. The summed E-state index contributed by atoms with van der Waals surface area (Å²) in [4.78, 5) is 39.4. The molecule has 0 saturated carbocycles. The van der Waals surface area contributed by atoms with Crippen LogP contribution in [-0.2, 0) is 16.1 Å². The minimum absolute atomic E-state index is 0.0395. The average molecular weight is 436 g/mol. The fourth-order valence-electron chi connectivity index (χ4n) is 3.53. The number of aryl methyl sites for hydroxylation is 1. The van der Waals surface area contributed by atoms with Gasteiger partial charge in [-0.1, -0.05) is 35.9 Å². The first-order valence-electron chi connectivity index (χ1n) is 10.8. The highest BCUT2D eigenvalue weighted by atomic mass is 16.5. The molecule has 0 aliphatic carbocycles. The van der Waals surface area contributed by atoms with Crippen molar-refractivity contribution in [2.45, 2.75) is 27.3 Å². The first-order chi connectivity index (χ1) is 15.4. The summed E-state index contributed by atoms with van der Waals surface area (Å²) in [6.07, 6.45) is 1.59. The van der Waals surface area contributed by atoms with Crippen LogP contribution in [-0.4, -0.2) is 53.3 Å². The average Bonchev–Trinajstić information content (AvgIpc) is 3.16. The number of Topliss-reactive ketones (excluding diaryl/α,β-unsaturated/α-hetero) is 1. The Morgan fingerprint density at radius 1 is 1.00 bits per heavy atom. The number of hydrogen-bond acceptors (Lipinski definition) is 4. The summed E-state index contributed by atoms with van der Waals surface area (Å²) in [7, 11) is 0. The normalized spacial score (nSPS) is 10.7. The van der Waals surface area contributed by atoms with E-state index in [1.165, 1.54) is 4.90 Å². The number of ketones is 1. The number of nitrogens with one attached hydrogen (secondary N) is 1. The summed E-state index contributed by atoms with van der Waals surface area (Å²) in [5.74, 6) is -0.541. The quantitative estimate of drug-likeness (QED) is 0.301. The number of aromatic nitrogens is 1. The van der Waals surface area contributed by atoms with E-state index in [9.17, 15) is 14.4 Å². The van der Waals surface area contributed by atoms with Crippen molar-refractivity contribution in [3.63, 3.8) is 0 Å². The van der Waals surface area contributed by atoms with Crippen molar-refractivity contribution in [1.29, 1.82) is 0 Å². The Balaban J connectivity index is 1.65. The fourth-order valence-corrected chi connectivity index (χ4v) is 3.53. The SMILES string of the molecule is CCN(CC)C(=O)C(=O)c1cn(CC(=O)NCCOc2ccc(C)cc2)c2ccccc12. The van der Waals surface area contributed by atoms with Gasteiger partial charge in [0, 0.05) is 30.2 Å². The van der Waals surface area contributed by atoms with Crippen LogP contribution in [0.1, 0.15) is 29.8 Å². The molecule has 0 aliphatic heterocycles. The molecule has 7 heteroatoms. The second-order valence-electron chi connectivity index (χ2n) is 7.51. The molecule has 2 amide bonds. The van der Waals surface area contributed by atoms with E-state index < -0.39 is 11.7 Å². The third-order valence-electron chi connectivity index (χ3n) is 5.31. The van der Waals surface area contributed by atoms with Crippen LogP contribution in [0.3, 0.4) is 0 Å². The van der Waals surface area contributed by atoms with E-state index in [2.05, 4.69) is 5.32 Å². The molecule has 168 valence electrons. The number of amides is 2. The van der Waals surface area contributed by atoms with Crippen molar-refractivity contribution in [1.82, 2.24) is 14.8 Å². The van der Waals surface area contributed by atoms with Crippen LogP contribution in [0.15, 0.2) is 54.7 Å². The van der Waals surface area contributed by atoms with Gasteiger partial charge in [0.05, 0.1) is 12.1 Å². The summed E-state index contributed by atoms with van der Waals surface area (Å²) in [5, 5.41) is 3.49. The Labute approximate surface area is 188 Å². The molecule has 0 aliphatic rings. The highest BCUT2D eigenvalue weighted by Gasteiger charge is 2.25. The van der Waals surface area contributed by atoms with Crippen LogP contribution in [0.5, 0.6) is 5.75 Å². The molecule has 0 unspecified atom stereocenters. The topological polar surface area (TPSA) is 80.6 Å². The zero-order valence-corrected chi connectivity index (χ0v) is 18.8.